The monoisotopic (exact) mass is 321 g/mol. The average molecular weight is 321 g/mol. The Kier molecular flexibility index (Phi) is 3.85. The summed E-state index contributed by atoms with van der Waals surface area (Å²) in [6.07, 6.45) is 1.70. The van der Waals surface area contributed by atoms with Gasteiger partial charge in [-0.1, -0.05) is 6.07 Å². The van der Waals surface area contributed by atoms with Gasteiger partial charge in [-0.3, -0.25) is 9.67 Å². The van der Waals surface area contributed by atoms with E-state index in [1.807, 2.05) is 6.07 Å². The molecule has 0 amide bonds. The van der Waals surface area contributed by atoms with E-state index in [2.05, 4.69) is 10.1 Å². The Balaban J connectivity index is 1.90. The smallest absolute Gasteiger partial charge is 0.268 e. The predicted octanol–water partition coefficient (Wildman–Crippen LogP) is 4.15. The van der Waals surface area contributed by atoms with E-state index in [9.17, 15) is 17.6 Å². The SMILES string of the molecule is Fc1cc(-c2cnn(Cc3cccnc3)c2)cc(C(F)(F)F)c1. The quantitative estimate of drug-likeness (QED) is 0.679. The molecule has 0 atom stereocenters. The number of hydrogen-bond donors (Lipinski definition) is 0. The third-order valence-corrected chi connectivity index (χ3v) is 3.26. The number of hydrogen-bond acceptors (Lipinski definition) is 2. The first-order valence-corrected chi connectivity index (χ1v) is 6.71. The molecular weight excluding hydrogens is 310 g/mol. The molecule has 2 aromatic heterocycles. The summed E-state index contributed by atoms with van der Waals surface area (Å²) in [6.45, 7) is 0.426. The van der Waals surface area contributed by atoms with Crippen molar-refractivity contribution in [1.82, 2.24) is 14.8 Å². The van der Waals surface area contributed by atoms with Gasteiger partial charge in [-0.05, 0) is 35.4 Å². The maximum Gasteiger partial charge on any atom is 0.416 e. The normalized spacial score (nSPS) is 11.7. The van der Waals surface area contributed by atoms with Gasteiger partial charge in [0.2, 0.25) is 0 Å². The van der Waals surface area contributed by atoms with Crippen LogP contribution in [0.15, 0.2) is 55.1 Å². The minimum atomic E-state index is -4.59. The molecule has 0 saturated carbocycles. The molecule has 7 heteroatoms. The minimum absolute atomic E-state index is 0.134. The third-order valence-electron chi connectivity index (χ3n) is 3.26. The Morgan fingerprint density at radius 1 is 1.04 bits per heavy atom. The number of alkyl halides is 3. The fraction of sp³-hybridized carbons (Fsp3) is 0.125. The molecule has 0 N–H and O–H groups in total. The number of rotatable bonds is 3. The summed E-state index contributed by atoms with van der Waals surface area (Å²) < 4.78 is 53.3. The molecule has 0 aliphatic carbocycles. The lowest BCUT2D eigenvalue weighted by Crippen LogP contribution is -2.05. The minimum Gasteiger partial charge on any atom is -0.268 e. The van der Waals surface area contributed by atoms with Gasteiger partial charge in [-0.15, -0.1) is 0 Å². The molecular formula is C16H11F4N3. The second-order valence-corrected chi connectivity index (χ2v) is 5.01. The highest BCUT2D eigenvalue weighted by Gasteiger charge is 2.31. The van der Waals surface area contributed by atoms with E-state index in [0.29, 0.717) is 18.2 Å². The fourth-order valence-electron chi connectivity index (χ4n) is 2.20. The van der Waals surface area contributed by atoms with E-state index in [1.54, 1.807) is 29.3 Å². The molecule has 0 fully saturated rings. The van der Waals surface area contributed by atoms with Crippen molar-refractivity contribution in [1.29, 1.82) is 0 Å². The number of benzene rings is 1. The molecule has 0 saturated heterocycles. The molecule has 3 aromatic rings. The summed E-state index contributed by atoms with van der Waals surface area (Å²) in [6, 6.07) is 6.08. The van der Waals surface area contributed by atoms with E-state index in [-0.39, 0.29) is 5.56 Å². The predicted molar refractivity (Wildman–Crippen MR) is 76.0 cm³/mol. The lowest BCUT2D eigenvalue weighted by Gasteiger charge is -2.08. The summed E-state index contributed by atoms with van der Waals surface area (Å²) in [5.74, 6) is -0.935. The lowest BCUT2D eigenvalue weighted by molar-refractivity contribution is -0.137. The highest BCUT2D eigenvalue weighted by molar-refractivity contribution is 5.63. The van der Waals surface area contributed by atoms with Crippen LogP contribution in [0.3, 0.4) is 0 Å². The molecule has 0 bridgehead atoms. The van der Waals surface area contributed by atoms with Crippen molar-refractivity contribution in [2.75, 3.05) is 0 Å². The van der Waals surface area contributed by atoms with Gasteiger partial charge in [0.1, 0.15) is 5.82 Å². The van der Waals surface area contributed by atoms with Crippen LogP contribution >= 0.6 is 0 Å². The highest BCUT2D eigenvalue weighted by atomic mass is 19.4. The van der Waals surface area contributed by atoms with Gasteiger partial charge in [0.15, 0.2) is 0 Å². The van der Waals surface area contributed by atoms with E-state index in [4.69, 9.17) is 0 Å². The van der Waals surface area contributed by atoms with Gasteiger partial charge >= 0.3 is 6.18 Å². The Hall–Kier alpha value is -2.70. The van der Waals surface area contributed by atoms with Crippen LogP contribution in [0.1, 0.15) is 11.1 Å². The van der Waals surface area contributed by atoms with Crippen molar-refractivity contribution >= 4 is 0 Å². The van der Waals surface area contributed by atoms with Crippen LogP contribution in [0.4, 0.5) is 17.6 Å². The molecule has 0 aliphatic heterocycles. The van der Waals surface area contributed by atoms with Crippen LogP contribution in [-0.4, -0.2) is 14.8 Å². The zero-order valence-corrected chi connectivity index (χ0v) is 11.8. The van der Waals surface area contributed by atoms with Crippen molar-refractivity contribution in [3.8, 4) is 11.1 Å². The van der Waals surface area contributed by atoms with Gasteiger partial charge < -0.3 is 0 Å². The van der Waals surface area contributed by atoms with Gasteiger partial charge in [-0.25, -0.2) is 4.39 Å². The molecule has 0 aliphatic rings. The van der Waals surface area contributed by atoms with Crippen molar-refractivity contribution in [3.05, 3.63) is 72.1 Å². The van der Waals surface area contributed by atoms with Crippen LogP contribution in [0.2, 0.25) is 0 Å². The zero-order chi connectivity index (χ0) is 16.4. The molecule has 2 heterocycles. The third kappa shape index (κ3) is 3.56. The van der Waals surface area contributed by atoms with Gasteiger partial charge in [0, 0.05) is 24.2 Å². The van der Waals surface area contributed by atoms with Crippen molar-refractivity contribution in [3.63, 3.8) is 0 Å². The standard InChI is InChI=1S/C16H11F4N3/c17-15-5-12(4-14(6-15)16(18,19)20)13-8-22-23(10-13)9-11-2-1-3-21-7-11/h1-8,10H,9H2. The van der Waals surface area contributed by atoms with Crippen LogP contribution in [0.25, 0.3) is 11.1 Å². The lowest BCUT2D eigenvalue weighted by atomic mass is 10.1. The molecule has 1 aromatic carbocycles. The number of halogens is 4. The van der Waals surface area contributed by atoms with Crippen molar-refractivity contribution in [2.45, 2.75) is 12.7 Å². The summed E-state index contributed by atoms with van der Waals surface area (Å²) in [5, 5.41) is 4.09. The van der Waals surface area contributed by atoms with Gasteiger partial charge in [0.25, 0.3) is 0 Å². The second-order valence-electron chi connectivity index (χ2n) is 5.01. The Bertz CT molecular complexity index is 810. The molecule has 118 valence electrons. The molecule has 3 nitrogen and oxygen atoms in total. The first kappa shape index (κ1) is 15.2. The van der Waals surface area contributed by atoms with E-state index in [0.717, 1.165) is 17.7 Å². The topological polar surface area (TPSA) is 30.7 Å². The molecule has 3 rings (SSSR count). The Morgan fingerprint density at radius 2 is 1.87 bits per heavy atom. The van der Waals surface area contributed by atoms with E-state index < -0.39 is 17.6 Å². The van der Waals surface area contributed by atoms with Crippen LogP contribution in [-0.2, 0) is 12.7 Å². The van der Waals surface area contributed by atoms with Crippen molar-refractivity contribution in [2.24, 2.45) is 0 Å². The molecule has 23 heavy (non-hydrogen) atoms. The summed E-state index contributed by atoms with van der Waals surface area (Å²) in [5.41, 5.74) is 0.429. The Morgan fingerprint density at radius 3 is 2.57 bits per heavy atom. The Labute approximate surface area is 129 Å². The van der Waals surface area contributed by atoms with Crippen LogP contribution < -0.4 is 0 Å². The second kappa shape index (κ2) is 5.83. The maximum absolute atomic E-state index is 13.5. The van der Waals surface area contributed by atoms with Gasteiger partial charge in [0.05, 0.1) is 18.3 Å². The van der Waals surface area contributed by atoms with Crippen molar-refractivity contribution < 1.29 is 17.6 Å². The highest BCUT2D eigenvalue weighted by Crippen LogP contribution is 2.33. The number of aromatic nitrogens is 3. The first-order valence-electron chi connectivity index (χ1n) is 6.71. The van der Waals surface area contributed by atoms with Crippen LogP contribution in [0.5, 0.6) is 0 Å². The first-order chi connectivity index (χ1) is 10.9. The molecule has 0 radical (unpaired) electrons. The van der Waals surface area contributed by atoms with Crippen LogP contribution in [0, 0.1) is 5.82 Å². The molecule has 0 spiro atoms. The van der Waals surface area contributed by atoms with Gasteiger partial charge in [-0.2, -0.15) is 18.3 Å². The number of pyridine rings is 1. The number of nitrogens with zero attached hydrogens (tertiary/aromatic N) is 3. The summed E-state index contributed by atoms with van der Waals surface area (Å²) in [7, 11) is 0. The summed E-state index contributed by atoms with van der Waals surface area (Å²) >= 11 is 0. The van der Waals surface area contributed by atoms with E-state index in [1.165, 1.54) is 6.20 Å². The largest absolute Gasteiger partial charge is 0.416 e. The fourth-order valence-corrected chi connectivity index (χ4v) is 2.20. The average Bonchev–Trinajstić information content (AvgIpc) is 2.95. The summed E-state index contributed by atoms with van der Waals surface area (Å²) in [4.78, 5) is 3.98. The maximum atomic E-state index is 13.5. The molecule has 0 unspecified atom stereocenters. The van der Waals surface area contributed by atoms with E-state index >= 15 is 0 Å². The zero-order valence-electron chi connectivity index (χ0n) is 11.8.